The Morgan fingerprint density at radius 2 is 1.95 bits per heavy atom. The average molecular weight is 301 g/mol. The number of carbonyl (C=O) groups excluding carboxylic acids is 1. The number of nitrogens with one attached hydrogen (secondary N) is 2. The zero-order valence-electron chi connectivity index (χ0n) is 11.4. The van der Waals surface area contributed by atoms with Crippen LogP contribution in [0.15, 0.2) is 24.3 Å². The van der Waals surface area contributed by atoms with Crippen molar-refractivity contribution in [3.05, 3.63) is 29.8 Å². The number of methoxy groups -OCH3 is 1. The van der Waals surface area contributed by atoms with Crippen molar-refractivity contribution in [1.29, 1.82) is 0 Å². The van der Waals surface area contributed by atoms with Gasteiger partial charge in [0.2, 0.25) is 15.9 Å². The molecule has 0 radical (unpaired) electrons. The molecule has 1 unspecified atom stereocenters. The zero-order chi connectivity index (χ0) is 15.2. The molecule has 8 heteroatoms. The van der Waals surface area contributed by atoms with Gasteiger partial charge in [-0.3, -0.25) is 9.52 Å². The van der Waals surface area contributed by atoms with Crippen LogP contribution in [0.4, 0.5) is 5.69 Å². The molecule has 0 saturated heterocycles. The maximum Gasteiger partial charge on any atom is 0.239 e. The molecule has 1 rings (SSSR count). The fourth-order valence-electron chi connectivity index (χ4n) is 1.48. The summed E-state index contributed by atoms with van der Waals surface area (Å²) in [6.07, 6.45) is 1.08. The molecule has 0 aromatic heterocycles. The first-order valence-electron chi connectivity index (χ1n) is 5.91. The lowest BCUT2D eigenvalue weighted by Crippen LogP contribution is -2.43. The summed E-state index contributed by atoms with van der Waals surface area (Å²) in [4.78, 5) is 11.6. The van der Waals surface area contributed by atoms with Gasteiger partial charge >= 0.3 is 0 Å². The fraction of sp³-hybridized carbons (Fsp3) is 0.417. The van der Waals surface area contributed by atoms with E-state index in [1.54, 1.807) is 24.3 Å². The Hall–Kier alpha value is -1.64. The summed E-state index contributed by atoms with van der Waals surface area (Å²) in [5.41, 5.74) is 6.88. The van der Waals surface area contributed by atoms with Crippen LogP contribution in [0, 0.1) is 0 Å². The van der Waals surface area contributed by atoms with Crippen molar-refractivity contribution in [2.45, 2.75) is 12.6 Å². The molecule has 0 fully saturated rings. The number of hydrogen-bond acceptors (Lipinski definition) is 5. The number of carbonyl (C=O) groups is 1. The van der Waals surface area contributed by atoms with Crippen LogP contribution in [-0.4, -0.2) is 40.3 Å². The lowest BCUT2D eigenvalue weighted by Gasteiger charge is -2.11. The number of rotatable bonds is 7. The highest BCUT2D eigenvalue weighted by atomic mass is 32.2. The maximum absolute atomic E-state index is 11.6. The zero-order valence-corrected chi connectivity index (χ0v) is 12.2. The molecule has 0 aliphatic carbocycles. The topological polar surface area (TPSA) is 111 Å². The van der Waals surface area contributed by atoms with Gasteiger partial charge in [0.15, 0.2) is 0 Å². The van der Waals surface area contributed by atoms with Gasteiger partial charge in [0.25, 0.3) is 0 Å². The van der Waals surface area contributed by atoms with E-state index in [1.807, 2.05) is 0 Å². The van der Waals surface area contributed by atoms with Gasteiger partial charge in [-0.1, -0.05) is 12.1 Å². The van der Waals surface area contributed by atoms with E-state index < -0.39 is 16.1 Å². The minimum atomic E-state index is -3.28. The average Bonchev–Trinajstić information content (AvgIpc) is 2.36. The van der Waals surface area contributed by atoms with Crippen LogP contribution in [0.3, 0.4) is 0 Å². The lowest BCUT2D eigenvalue weighted by molar-refractivity contribution is -0.123. The van der Waals surface area contributed by atoms with E-state index in [4.69, 9.17) is 10.5 Å². The lowest BCUT2D eigenvalue weighted by atomic mass is 10.2. The Labute approximate surface area is 118 Å². The predicted molar refractivity (Wildman–Crippen MR) is 76.6 cm³/mol. The van der Waals surface area contributed by atoms with Crippen molar-refractivity contribution in [3.8, 4) is 0 Å². The van der Waals surface area contributed by atoms with Gasteiger partial charge < -0.3 is 15.8 Å². The number of amides is 1. The number of nitrogens with two attached hydrogens (primary N) is 1. The highest BCUT2D eigenvalue weighted by Crippen LogP contribution is 2.10. The first-order chi connectivity index (χ1) is 9.31. The summed E-state index contributed by atoms with van der Waals surface area (Å²) in [6, 6.07) is 5.98. The first kappa shape index (κ1) is 16.4. The van der Waals surface area contributed by atoms with Crippen LogP contribution >= 0.6 is 0 Å². The third-order valence-electron chi connectivity index (χ3n) is 2.41. The second-order valence-corrected chi connectivity index (χ2v) is 6.10. The van der Waals surface area contributed by atoms with Crippen LogP contribution in [0.2, 0.25) is 0 Å². The van der Waals surface area contributed by atoms with E-state index in [0.29, 0.717) is 12.2 Å². The van der Waals surface area contributed by atoms with Gasteiger partial charge in [0, 0.05) is 19.3 Å². The van der Waals surface area contributed by atoms with Gasteiger partial charge in [-0.05, 0) is 17.7 Å². The second kappa shape index (κ2) is 7.22. The van der Waals surface area contributed by atoms with E-state index in [2.05, 4.69) is 10.0 Å². The van der Waals surface area contributed by atoms with Gasteiger partial charge in [-0.15, -0.1) is 0 Å². The van der Waals surface area contributed by atoms with Crippen LogP contribution in [-0.2, 0) is 26.1 Å². The molecule has 1 atom stereocenters. The monoisotopic (exact) mass is 301 g/mol. The third kappa shape index (κ3) is 6.00. The van der Waals surface area contributed by atoms with Gasteiger partial charge in [-0.2, -0.15) is 0 Å². The van der Waals surface area contributed by atoms with Gasteiger partial charge in [0.1, 0.15) is 6.04 Å². The summed E-state index contributed by atoms with van der Waals surface area (Å²) in [6.45, 7) is 0.471. The Kier molecular flexibility index (Phi) is 5.93. The molecule has 0 aliphatic rings. The largest absolute Gasteiger partial charge is 0.383 e. The third-order valence-corrected chi connectivity index (χ3v) is 3.01. The van der Waals surface area contributed by atoms with E-state index in [9.17, 15) is 13.2 Å². The number of benzene rings is 1. The van der Waals surface area contributed by atoms with Crippen molar-refractivity contribution in [1.82, 2.24) is 5.32 Å². The molecule has 1 aromatic carbocycles. The normalized spacial score (nSPS) is 12.8. The Morgan fingerprint density at radius 3 is 2.45 bits per heavy atom. The molecule has 0 bridgehead atoms. The van der Waals surface area contributed by atoms with Gasteiger partial charge in [-0.25, -0.2) is 8.42 Å². The number of sulfonamides is 1. The maximum atomic E-state index is 11.6. The summed E-state index contributed by atoms with van der Waals surface area (Å²) < 4.78 is 29.2. The summed E-state index contributed by atoms with van der Waals surface area (Å²) in [5, 5.41) is 2.67. The van der Waals surface area contributed by atoms with E-state index in [-0.39, 0.29) is 12.5 Å². The van der Waals surface area contributed by atoms with Crippen LogP contribution in [0.25, 0.3) is 0 Å². The number of anilines is 1. The smallest absolute Gasteiger partial charge is 0.239 e. The highest BCUT2D eigenvalue weighted by Gasteiger charge is 2.12. The molecule has 0 saturated carbocycles. The molecular weight excluding hydrogens is 282 g/mol. The van der Waals surface area contributed by atoms with Crippen LogP contribution < -0.4 is 15.8 Å². The molecule has 20 heavy (non-hydrogen) atoms. The first-order valence-corrected chi connectivity index (χ1v) is 7.80. The summed E-state index contributed by atoms with van der Waals surface area (Å²) >= 11 is 0. The molecule has 7 nitrogen and oxygen atoms in total. The minimum Gasteiger partial charge on any atom is -0.383 e. The fourth-order valence-corrected chi connectivity index (χ4v) is 2.04. The SMILES string of the molecule is COCC(N)C(=O)NCc1ccc(NS(C)(=O)=O)cc1. The predicted octanol–water partition coefficient (Wildman–Crippen LogP) is -0.352. The van der Waals surface area contributed by atoms with Crippen molar-refractivity contribution < 1.29 is 17.9 Å². The van der Waals surface area contributed by atoms with E-state index in [0.717, 1.165) is 11.8 Å². The van der Waals surface area contributed by atoms with Crippen molar-refractivity contribution >= 4 is 21.6 Å². The number of ether oxygens (including phenoxy) is 1. The Morgan fingerprint density at radius 1 is 1.35 bits per heavy atom. The van der Waals surface area contributed by atoms with Crippen molar-refractivity contribution in [2.75, 3.05) is 24.7 Å². The summed E-state index contributed by atoms with van der Waals surface area (Å²) in [5.74, 6) is -0.301. The molecule has 0 aliphatic heterocycles. The Bertz CT molecular complexity index is 542. The molecule has 1 amide bonds. The second-order valence-electron chi connectivity index (χ2n) is 4.35. The standard InChI is InChI=1S/C12H19N3O4S/c1-19-8-11(13)12(16)14-7-9-3-5-10(6-4-9)15-20(2,17)18/h3-6,11,15H,7-8,13H2,1-2H3,(H,14,16). The van der Waals surface area contributed by atoms with E-state index in [1.165, 1.54) is 7.11 Å². The molecular formula is C12H19N3O4S. The molecule has 4 N–H and O–H groups in total. The molecule has 0 heterocycles. The minimum absolute atomic E-state index is 0.156. The van der Waals surface area contributed by atoms with Gasteiger partial charge in [0.05, 0.1) is 12.9 Å². The quantitative estimate of drug-likeness (QED) is 0.637. The van der Waals surface area contributed by atoms with Crippen LogP contribution in [0.5, 0.6) is 0 Å². The number of hydrogen-bond donors (Lipinski definition) is 3. The highest BCUT2D eigenvalue weighted by molar-refractivity contribution is 7.92. The van der Waals surface area contributed by atoms with E-state index >= 15 is 0 Å². The van der Waals surface area contributed by atoms with Crippen molar-refractivity contribution in [2.24, 2.45) is 5.73 Å². The van der Waals surface area contributed by atoms with Crippen LogP contribution in [0.1, 0.15) is 5.56 Å². The molecule has 1 aromatic rings. The molecule has 112 valence electrons. The molecule has 0 spiro atoms. The Balaban J connectivity index is 2.52. The summed E-state index contributed by atoms with van der Waals surface area (Å²) in [7, 11) is -1.81. The van der Waals surface area contributed by atoms with Crippen molar-refractivity contribution in [3.63, 3.8) is 0 Å².